The number of aromatic nitrogens is 3. The summed E-state index contributed by atoms with van der Waals surface area (Å²) in [4.78, 5) is 4.81. The Hall–Kier alpha value is -5.93. The smallest absolute Gasteiger partial charge is 0.0963 e. The molecule has 0 fully saturated rings. The van der Waals surface area contributed by atoms with E-state index in [2.05, 4.69) is 161 Å². The molecule has 9 aromatic rings. The number of rotatable bonds is 4. The fourth-order valence-electron chi connectivity index (χ4n) is 6.73. The summed E-state index contributed by atoms with van der Waals surface area (Å²) in [6.07, 6.45) is 1.88. The van der Waals surface area contributed by atoms with Gasteiger partial charge in [0.1, 0.15) is 0 Å². The van der Waals surface area contributed by atoms with Crippen molar-refractivity contribution in [2.75, 3.05) is 0 Å². The summed E-state index contributed by atoms with van der Waals surface area (Å²) in [7, 11) is 0. The molecule has 3 nitrogen and oxygen atoms in total. The maximum atomic E-state index is 4.81. The normalized spacial score (nSPS) is 11.6. The van der Waals surface area contributed by atoms with Crippen LogP contribution in [0.2, 0.25) is 0 Å². The molecule has 0 N–H and O–H groups in total. The third kappa shape index (κ3) is 3.80. The fraction of sp³-hybridized carbons (Fsp3) is 0. The Bertz CT molecular complexity index is 2470. The summed E-state index contributed by atoms with van der Waals surface area (Å²) >= 11 is 0. The van der Waals surface area contributed by atoms with Gasteiger partial charge in [-0.15, -0.1) is 0 Å². The van der Waals surface area contributed by atoms with Crippen molar-refractivity contribution in [3.63, 3.8) is 0 Å². The van der Waals surface area contributed by atoms with Crippen LogP contribution in [0.5, 0.6) is 0 Å². The van der Waals surface area contributed by atoms with E-state index < -0.39 is 0 Å². The Morgan fingerprint density at radius 1 is 0.341 bits per heavy atom. The first-order valence-corrected chi connectivity index (χ1v) is 15.0. The number of hydrogen-bond acceptors (Lipinski definition) is 1. The van der Waals surface area contributed by atoms with Gasteiger partial charge in [-0.25, -0.2) is 0 Å². The van der Waals surface area contributed by atoms with Crippen molar-refractivity contribution in [2.24, 2.45) is 0 Å². The number of pyridine rings is 1. The first-order valence-electron chi connectivity index (χ1n) is 15.0. The van der Waals surface area contributed by atoms with Crippen molar-refractivity contribution in [2.45, 2.75) is 0 Å². The minimum Gasteiger partial charge on any atom is -0.309 e. The SMILES string of the molecule is c1ccc(-c2ccc(-n3c4cc(-c5ccc6c7ccccc7n(-c7ccccc7)c6c5)ccc4c4ncccc43)cc2)cc1. The average molecular weight is 562 g/mol. The molecule has 44 heavy (non-hydrogen) atoms. The van der Waals surface area contributed by atoms with Gasteiger partial charge in [-0.2, -0.15) is 0 Å². The Balaban J connectivity index is 1.24. The Morgan fingerprint density at radius 3 is 1.64 bits per heavy atom. The third-order valence-electron chi connectivity index (χ3n) is 8.78. The summed E-state index contributed by atoms with van der Waals surface area (Å²) in [6.45, 7) is 0. The second-order valence-electron chi connectivity index (χ2n) is 11.3. The highest BCUT2D eigenvalue weighted by atomic mass is 15.0. The molecule has 9 rings (SSSR count). The Kier molecular flexibility index (Phi) is 5.50. The lowest BCUT2D eigenvalue weighted by Gasteiger charge is -2.11. The molecule has 0 spiro atoms. The van der Waals surface area contributed by atoms with Gasteiger partial charge in [-0.3, -0.25) is 4.98 Å². The summed E-state index contributed by atoms with van der Waals surface area (Å²) < 4.78 is 4.72. The highest BCUT2D eigenvalue weighted by Crippen LogP contribution is 2.37. The molecule has 0 saturated carbocycles. The quantitative estimate of drug-likeness (QED) is 0.210. The van der Waals surface area contributed by atoms with Gasteiger partial charge in [0.2, 0.25) is 0 Å². The van der Waals surface area contributed by atoms with Crippen LogP contribution in [0.1, 0.15) is 0 Å². The summed E-state index contributed by atoms with van der Waals surface area (Å²) in [6, 6.07) is 56.5. The summed E-state index contributed by atoms with van der Waals surface area (Å²) in [5.74, 6) is 0. The lowest BCUT2D eigenvalue weighted by molar-refractivity contribution is 1.17. The predicted octanol–water partition coefficient (Wildman–Crippen LogP) is 10.6. The topological polar surface area (TPSA) is 22.8 Å². The summed E-state index contributed by atoms with van der Waals surface area (Å²) in [5.41, 5.74) is 12.7. The van der Waals surface area contributed by atoms with E-state index in [-0.39, 0.29) is 0 Å². The van der Waals surface area contributed by atoms with Crippen molar-refractivity contribution in [3.05, 3.63) is 164 Å². The molecule has 0 aliphatic carbocycles. The maximum Gasteiger partial charge on any atom is 0.0963 e. The molecule has 0 unspecified atom stereocenters. The third-order valence-corrected chi connectivity index (χ3v) is 8.78. The maximum absolute atomic E-state index is 4.81. The molecule has 0 aliphatic rings. The van der Waals surface area contributed by atoms with Gasteiger partial charge >= 0.3 is 0 Å². The number of hydrogen-bond donors (Lipinski definition) is 0. The molecule has 0 aliphatic heterocycles. The molecule has 0 atom stereocenters. The van der Waals surface area contributed by atoms with Gasteiger partial charge < -0.3 is 9.13 Å². The molecule has 6 aromatic carbocycles. The van der Waals surface area contributed by atoms with Crippen LogP contribution in [0.25, 0.3) is 77.4 Å². The molecular formula is C41H27N3. The molecular weight excluding hydrogens is 534 g/mol. The van der Waals surface area contributed by atoms with Gasteiger partial charge in [-0.05, 0) is 82.9 Å². The zero-order chi connectivity index (χ0) is 29.0. The molecule has 206 valence electrons. The summed E-state index contributed by atoms with van der Waals surface area (Å²) in [5, 5.41) is 3.67. The van der Waals surface area contributed by atoms with Crippen LogP contribution in [-0.4, -0.2) is 14.1 Å². The van der Waals surface area contributed by atoms with E-state index in [1.165, 1.54) is 44.1 Å². The van der Waals surface area contributed by atoms with E-state index in [9.17, 15) is 0 Å². The lowest BCUT2D eigenvalue weighted by Crippen LogP contribution is -1.94. The number of fused-ring (bicyclic) bond motifs is 6. The predicted molar refractivity (Wildman–Crippen MR) is 184 cm³/mol. The molecule has 0 radical (unpaired) electrons. The zero-order valence-electron chi connectivity index (χ0n) is 23.9. The first-order chi connectivity index (χ1) is 21.8. The van der Waals surface area contributed by atoms with Crippen LogP contribution in [0, 0.1) is 0 Å². The van der Waals surface area contributed by atoms with E-state index in [0.29, 0.717) is 0 Å². The van der Waals surface area contributed by atoms with Crippen molar-refractivity contribution in [1.29, 1.82) is 0 Å². The van der Waals surface area contributed by atoms with E-state index in [1.807, 2.05) is 12.3 Å². The van der Waals surface area contributed by atoms with E-state index in [4.69, 9.17) is 4.98 Å². The van der Waals surface area contributed by atoms with Gasteiger partial charge in [0.05, 0.1) is 27.6 Å². The van der Waals surface area contributed by atoms with Crippen LogP contribution in [-0.2, 0) is 0 Å². The monoisotopic (exact) mass is 561 g/mol. The van der Waals surface area contributed by atoms with E-state index >= 15 is 0 Å². The van der Waals surface area contributed by atoms with E-state index in [0.717, 1.165) is 33.3 Å². The van der Waals surface area contributed by atoms with Crippen LogP contribution < -0.4 is 0 Å². The van der Waals surface area contributed by atoms with Crippen molar-refractivity contribution in [3.8, 4) is 33.6 Å². The molecule has 0 amide bonds. The highest BCUT2D eigenvalue weighted by Gasteiger charge is 2.16. The minimum atomic E-state index is 1.01. The lowest BCUT2D eigenvalue weighted by atomic mass is 10.0. The van der Waals surface area contributed by atoms with Gasteiger partial charge in [-0.1, -0.05) is 97.1 Å². The van der Waals surface area contributed by atoms with Crippen molar-refractivity contribution < 1.29 is 0 Å². The molecule has 3 heterocycles. The van der Waals surface area contributed by atoms with Crippen molar-refractivity contribution in [1.82, 2.24) is 14.1 Å². The van der Waals surface area contributed by atoms with E-state index in [1.54, 1.807) is 0 Å². The standard InChI is InChI=1S/C41H27N3/c1-3-10-28(11-4-1)29-17-21-33(22-18-29)44-38-16-9-25-42-41(38)36-24-20-31(27-40(36)44)30-19-23-35-34-14-7-8-15-37(34)43(39(35)26-30)32-12-5-2-6-13-32/h1-27H. The second kappa shape index (κ2) is 9.82. The molecule has 0 bridgehead atoms. The zero-order valence-corrected chi connectivity index (χ0v) is 23.9. The largest absolute Gasteiger partial charge is 0.309 e. The van der Waals surface area contributed by atoms with Crippen LogP contribution in [0.4, 0.5) is 0 Å². The fourth-order valence-corrected chi connectivity index (χ4v) is 6.73. The minimum absolute atomic E-state index is 1.01. The van der Waals surface area contributed by atoms with Gasteiger partial charge in [0.15, 0.2) is 0 Å². The van der Waals surface area contributed by atoms with Crippen LogP contribution in [0.3, 0.4) is 0 Å². The number of nitrogens with zero attached hydrogens (tertiary/aromatic N) is 3. The van der Waals surface area contributed by atoms with Gasteiger partial charge in [0.25, 0.3) is 0 Å². The van der Waals surface area contributed by atoms with Gasteiger partial charge in [0, 0.05) is 33.7 Å². The Labute approximate surface area is 254 Å². The van der Waals surface area contributed by atoms with Crippen LogP contribution >= 0.6 is 0 Å². The van der Waals surface area contributed by atoms with Crippen molar-refractivity contribution >= 4 is 43.7 Å². The van der Waals surface area contributed by atoms with Crippen LogP contribution in [0.15, 0.2) is 164 Å². The molecule has 3 aromatic heterocycles. The molecule has 3 heteroatoms. The number of para-hydroxylation sites is 2. The highest BCUT2D eigenvalue weighted by molar-refractivity contribution is 6.11. The number of benzene rings is 6. The second-order valence-corrected chi connectivity index (χ2v) is 11.3. The first kappa shape index (κ1) is 24.6. The average Bonchev–Trinajstić information content (AvgIpc) is 3.61. The molecule has 0 saturated heterocycles. The Morgan fingerprint density at radius 2 is 0.864 bits per heavy atom.